The van der Waals surface area contributed by atoms with Crippen LogP contribution in [0.4, 0.5) is 0 Å². The minimum atomic E-state index is -3.81. The second kappa shape index (κ2) is 5.28. The molecule has 0 aromatic rings. The molecule has 0 heterocycles. The summed E-state index contributed by atoms with van der Waals surface area (Å²) >= 11 is 0. The van der Waals surface area contributed by atoms with Gasteiger partial charge in [-0.1, -0.05) is 0 Å². The van der Waals surface area contributed by atoms with Gasteiger partial charge < -0.3 is 10.2 Å². The van der Waals surface area contributed by atoms with E-state index in [9.17, 15) is 13.2 Å². The van der Waals surface area contributed by atoms with Gasteiger partial charge in [-0.15, -0.1) is 0 Å². The van der Waals surface area contributed by atoms with Gasteiger partial charge in [0.1, 0.15) is 0 Å². The van der Waals surface area contributed by atoms with Crippen LogP contribution < -0.4 is 0 Å². The summed E-state index contributed by atoms with van der Waals surface area (Å²) < 4.78 is 23.8. The number of carboxylic acid groups (broad SMARTS) is 1. The fourth-order valence-electron chi connectivity index (χ4n) is 1.06. The first-order chi connectivity index (χ1) is 6.31. The van der Waals surface area contributed by atoms with E-state index in [2.05, 4.69) is 0 Å². The summed E-state index contributed by atoms with van der Waals surface area (Å²) in [6.07, 6.45) is 0. The van der Waals surface area contributed by atoms with Crippen molar-refractivity contribution in [3.8, 4) is 0 Å². The van der Waals surface area contributed by atoms with Crippen LogP contribution >= 0.6 is 0 Å². The van der Waals surface area contributed by atoms with Crippen LogP contribution in [0.1, 0.15) is 13.8 Å². The van der Waals surface area contributed by atoms with Crippen molar-refractivity contribution in [1.82, 2.24) is 4.31 Å². The zero-order chi connectivity index (χ0) is 11.4. The topological polar surface area (TPSA) is 94.9 Å². The van der Waals surface area contributed by atoms with E-state index in [1.54, 1.807) is 13.8 Å². The maximum absolute atomic E-state index is 11.4. The first kappa shape index (κ1) is 13.3. The first-order valence-electron chi connectivity index (χ1n) is 4.13. The zero-order valence-corrected chi connectivity index (χ0v) is 8.99. The van der Waals surface area contributed by atoms with Crippen LogP contribution in [-0.4, -0.2) is 53.9 Å². The molecule has 0 aromatic heterocycles. The number of aliphatic hydroxyl groups is 1. The summed E-state index contributed by atoms with van der Waals surface area (Å²) in [5, 5.41) is 17.0. The van der Waals surface area contributed by atoms with Gasteiger partial charge in [0, 0.05) is 12.6 Å². The molecule has 0 bridgehead atoms. The molecule has 0 aliphatic heterocycles. The summed E-state index contributed by atoms with van der Waals surface area (Å²) in [5.74, 6) is -2.33. The minimum Gasteiger partial charge on any atom is -0.480 e. The fourth-order valence-corrected chi connectivity index (χ4v) is 2.54. The quantitative estimate of drug-likeness (QED) is 0.611. The molecule has 2 N–H and O–H groups in total. The van der Waals surface area contributed by atoms with Gasteiger partial charge in [0.15, 0.2) is 5.75 Å². The molecular formula is C7H15NO5S. The van der Waals surface area contributed by atoms with Crippen molar-refractivity contribution in [3.05, 3.63) is 0 Å². The van der Waals surface area contributed by atoms with Crippen molar-refractivity contribution >= 4 is 16.0 Å². The SMILES string of the molecule is CC(C)N(CCO)S(=O)(=O)CC(=O)O. The third-order valence-electron chi connectivity index (χ3n) is 1.56. The molecule has 7 heteroatoms. The Morgan fingerprint density at radius 3 is 2.21 bits per heavy atom. The van der Waals surface area contributed by atoms with Crippen molar-refractivity contribution in [3.63, 3.8) is 0 Å². The smallest absolute Gasteiger partial charge is 0.320 e. The normalized spacial score (nSPS) is 12.4. The number of carboxylic acids is 1. The number of aliphatic carboxylic acids is 1. The second-order valence-corrected chi connectivity index (χ2v) is 5.00. The number of aliphatic hydroxyl groups excluding tert-OH is 1. The molecule has 0 atom stereocenters. The lowest BCUT2D eigenvalue weighted by Gasteiger charge is -2.23. The van der Waals surface area contributed by atoms with Gasteiger partial charge in [0.25, 0.3) is 0 Å². The summed E-state index contributed by atoms with van der Waals surface area (Å²) in [7, 11) is -3.81. The number of sulfonamides is 1. The van der Waals surface area contributed by atoms with E-state index >= 15 is 0 Å². The molecule has 0 unspecified atom stereocenters. The maximum atomic E-state index is 11.4. The van der Waals surface area contributed by atoms with E-state index in [0.717, 1.165) is 4.31 Å². The van der Waals surface area contributed by atoms with Crippen LogP contribution in [0, 0.1) is 0 Å². The predicted molar refractivity (Wildman–Crippen MR) is 50.4 cm³/mol. The van der Waals surface area contributed by atoms with Gasteiger partial charge in [-0.3, -0.25) is 4.79 Å². The van der Waals surface area contributed by atoms with E-state index in [-0.39, 0.29) is 19.2 Å². The number of carbonyl (C=O) groups is 1. The number of nitrogens with zero attached hydrogens (tertiary/aromatic N) is 1. The first-order valence-corrected chi connectivity index (χ1v) is 5.74. The van der Waals surface area contributed by atoms with Crippen molar-refractivity contribution in [2.75, 3.05) is 18.9 Å². The van der Waals surface area contributed by atoms with Crippen molar-refractivity contribution in [2.45, 2.75) is 19.9 Å². The average molecular weight is 225 g/mol. The maximum Gasteiger partial charge on any atom is 0.320 e. The predicted octanol–water partition coefficient (Wildman–Crippen LogP) is -0.896. The van der Waals surface area contributed by atoms with Crippen molar-refractivity contribution < 1.29 is 23.4 Å². The molecule has 0 aliphatic carbocycles. The van der Waals surface area contributed by atoms with Gasteiger partial charge in [0.2, 0.25) is 10.0 Å². The molecule has 0 radical (unpaired) electrons. The van der Waals surface area contributed by atoms with Gasteiger partial charge in [-0.2, -0.15) is 4.31 Å². The molecule has 84 valence electrons. The van der Waals surface area contributed by atoms with Crippen LogP contribution in [0.2, 0.25) is 0 Å². The molecule has 0 rings (SSSR count). The Balaban J connectivity index is 4.72. The van der Waals surface area contributed by atoms with E-state index in [0.29, 0.717) is 0 Å². The highest BCUT2D eigenvalue weighted by atomic mass is 32.2. The van der Waals surface area contributed by atoms with Crippen LogP contribution in [0.25, 0.3) is 0 Å². The third-order valence-corrected chi connectivity index (χ3v) is 3.49. The van der Waals surface area contributed by atoms with Crippen LogP contribution in [0.15, 0.2) is 0 Å². The zero-order valence-electron chi connectivity index (χ0n) is 8.17. The highest BCUT2D eigenvalue weighted by Gasteiger charge is 2.26. The molecule has 0 fully saturated rings. The van der Waals surface area contributed by atoms with Crippen molar-refractivity contribution in [1.29, 1.82) is 0 Å². The largest absolute Gasteiger partial charge is 0.480 e. The molecule has 0 aromatic carbocycles. The Kier molecular flexibility index (Phi) is 5.03. The second-order valence-electron chi connectivity index (χ2n) is 3.08. The van der Waals surface area contributed by atoms with E-state index in [1.807, 2.05) is 0 Å². The van der Waals surface area contributed by atoms with Gasteiger partial charge in [0.05, 0.1) is 6.61 Å². The molecule has 0 spiro atoms. The molecule has 0 amide bonds. The Morgan fingerprint density at radius 1 is 1.43 bits per heavy atom. The Labute approximate surface area is 83.2 Å². The summed E-state index contributed by atoms with van der Waals surface area (Å²) in [5.41, 5.74) is 0. The highest BCUT2D eigenvalue weighted by Crippen LogP contribution is 2.06. The fraction of sp³-hybridized carbons (Fsp3) is 0.857. The Bertz CT molecular complexity index is 284. The lowest BCUT2D eigenvalue weighted by atomic mass is 10.4. The Hall–Kier alpha value is -0.660. The lowest BCUT2D eigenvalue weighted by Crippen LogP contribution is -2.41. The third kappa shape index (κ3) is 4.03. The molecule has 0 aliphatic rings. The number of hydrogen-bond acceptors (Lipinski definition) is 4. The highest BCUT2D eigenvalue weighted by molar-refractivity contribution is 7.89. The molecule has 14 heavy (non-hydrogen) atoms. The summed E-state index contributed by atoms with van der Waals surface area (Å²) in [4.78, 5) is 10.3. The van der Waals surface area contributed by atoms with Gasteiger partial charge in [-0.05, 0) is 13.8 Å². The van der Waals surface area contributed by atoms with Crippen LogP contribution in [0.3, 0.4) is 0 Å². The Morgan fingerprint density at radius 2 is 1.93 bits per heavy atom. The van der Waals surface area contributed by atoms with Crippen LogP contribution in [0.5, 0.6) is 0 Å². The number of rotatable bonds is 6. The van der Waals surface area contributed by atoms with Crippen LogP contribution in [-0.2, 0) is 14.8 Å². The van der Waals surface area contributed by atoms with Gasteiger partial charge >= 0.3 is 5.97 Å². The molecule has 6 nitrogen and oxygen atoms in total. The van der Waals surface area contributed by atoms with Gasteiger partial charge in [-0.25, -0.2) is 8.42 Å². The van der Waals surface area contributed by atoms with E-state index in [4.69, 9.17) is 10.2 Å². The number of hydrogen-bond donors (Lipinski definition) is 2. The standard InChI is InChI=1S/C7H15NO5S/c1-6(2)8(3-4-9)14(12,13)5-7(10)11/h6,9H,3-5H2,1-2H3,(H,10,11). The summed E-state index contributed by atoms with van der Waals surface area (Å²) in [6.45, 7) is 2.84. The summed E-state index contributed by atoms with van der Waals surface area (Å²) in [6, 6.07) is -0.355. The lowest BCUT2D eigenvalue weighted by molar-refractivity contribution is -0.134. The molecule has 0 saturated heterocycles. The average Bonchev–Trinajstić information content (AvgIpc) is 1.96. The molecular weight excluding hydrogens is 210 g/mol. The molecule has 0 saturated carbocycles. The monoisotopic (exact) mass is 225 g/mol. The van der Waals surface area contributed by atoms with E-state index in [1.165, 1.54) is 0 Å². The minimum absolute atomic E-state index is 0.0761. The van der Waals surface area contributed by atoms with Crippen molar-refractivity contribution in [2.24, 2.45) is 0 Å². The van der Waals surface area contributed by atoms with E-state index < -0.39 is 21.7 Å².